The van der Waals surface area contributed by atoms with Gasteiger partial charge in [-0.2, -0.15) is 0 Å². The van der Waals surface area contributed by atoms with Gasteiger partial charge < -0.3 is 15.1 Å². The molecule has 2 aliphatic heterocycles. The lowest BCUT2D eigenvalue weighted by atomic mass is 10.1. The third-order valence-corrected chi connectivity index (χ3v) is 4.54. The van der Waals surface area contributed by atoms with Gasteiger partial charge in [0.15, 0.2) is 11.4 Å². The molecule has 2 aliphatic rings. The average molecular weight is 325 g/mol. The van der Waals surface area contributed by atoms with E-state index >= 15 is 0 Å². The van der Waals surface area contributed by atoms with E-state index in [9.17, 15) is 9.59 Å². The van der Waals surface area contributed by atoms with Crippen molar-refractivity contribution in [3.8, 4) is 5.75 Å². The highest BCUT2D eigenvalue weighted by atomic mass is 16.5. The van der Waals surface area contributed by atoms with Gasteiger partial charge in [0.05, 0.1) is 0 Å². The lowest BCUT2D eigenvalue weighted by Gasteiger charge is -2.41. The molecule has 24 heavy (non-hydrogen) atoms. The first-order valence-electron chi connectivity index (χ1n) is 8.24. The van der Waals surface area contributed by atoms with Crippen LogP contribution in [-0.4, -0.2) is 28.2 Å². The van der Waals surface area contributed by atoms with E-state index in [2.05, 4.69) is 5.43 Å². The Hall–Kier alpha value is -2.76. The van der Waals surface area contributed by atoms with Crippen molar-refractivity contribution in [2.75, 3.05) is 12.0 Å². The number of nitrogens with zero attached hydrogens (tertiary/aromatic N) is 2. The van der Waals surface area contributed by atoms with Gasteiger partial charge in [-0.15, -0.1) is 0 Å². The Kier molecular flexibility index (Phi) is 3.72. The zero-order chi connectivity index (χ0) is 16.5. The number of benzene rings is 1. The number of rotatable bonds is 3. The summed E-state index contributed by atoms with van der Waals surface area (Å²) in [5, 5.41) is 0. The number of ether oxygens (including phenoxy) is 1. The molecule has 6 nitrogen and oxygen atoms in total. The SMILES string of the molecule is O=C1c2c(OCc3ccccc3)c(=O)ccn2N[C@@H]2CCCCN12. The molecule has 1 atom stereocenters. The maximum atomic E-state index is 12.9. The van der Waals surface area contributed by atoms with Crippen LogP contribution in [0.3, 0.4) is 0 Å². The van der Waals surface area contributed by atoms with Crippen LogP contribution in [0.25, 0.3) is 0 Å². The second kappa shape index (κ2) is 6.03. The van der Waals surface area contributed by atoms with E-state index in [0.717, 1.165) is 24.8 Å². The molecule has 0 bridgehead atoms. The Morgan fingerprint density at radius 1 is 1.12 bits per heavy atom. The van der Waals surface area contributed by atoms with E-state index in [1.165, 1.54) is 6.07 Å². The van der Waals surface area contributed by atoms with Crippen LogP contribution in [0.2, 0.25) is 0 Å². The van der Waals surface area contributed by atoms with Gasteiger partial charge in [0.25, 0.3) is 5.91 Å². The molecule has 1 aromatic carbocycles. The van der Waals surface area contributed by atoms with Crippen molar-refractivity contribution in [3.05, 3.63) is 64.1 Å². The Morgan fingerprint density at radius 3 is 2.79 bits per heavy atom. The van der Waals surface area contributed by atoms with Crippen molar-refractivity contribution in [2.24, 2.45) is 0 Å². The summed E-state index contributed by atoms with van der Waals surface area (Å²) in [6.45, 7) is 0.960. The number of carbonyl (C=O) groups excluding carboxylic acids is 1. The molecule has 1 aromatic heterocycles. The van der Waals surface area contributed by atoms with Gasteiger partial charge in [-0.1, -0.05) is 30.3 Å². The topological polar surface area (TPSA) is 63.6 Å². The Balaban J connectivity index is 1.68. The zero-order valence-corrected chi connectivity index (χ0v) is 13.3. The standard InChI is InChI=1S/C18H19N3O3/c22-14-9-11-21-16(17(14)24-12-13-6-2-1-3-7-13)18(23)20-10-5-4-8-15(20)19-21/h1-3,6-7,9,11,15,19H,4-5,8,10,12H2/t15-/m0/s1. The van der Waals surface area contributed by atoms with Crippen LogP contribution < -0.4 is 15.6 Å². The zero-order valence-electron chi connectivity index (χ0n) is 13.3. The molecule has 4 rings (SSSR count). The second-order valence-corrected chi connectivity index (χ2v) is 6.14. The predicted octanol–water partition coefficient (Wildman–Crippen LogP) is 1.94. The van der Waals surface area contributed by atoms with Crippen LogP contribution in [0.5, 0.6) is 5.75 Å². The van der Waals surface area contributed by atoms with E-state index in [1.54, 1.807) is 15.8 Å². The summed E-state index contributed by atoms with van der Waals surface area (Å²) in [6.07, 6.45) is 4.59. The van der Waals surface area contributed by atoms with Crippen molar-refractivity contribution in [1.82, 2.24) is 9.58 Å². The van der Waals surface area contributed by atoms with Gasteiger partial charge in [0.2, 0.25) is 5.43 Å². The Morgan fingerprint density at radius 2 is 1.96 bits per heavy atom. The van der Waals surface area contributed by atoms with E-state index < -0.39 is 0 Å². The van der Waals surface area contributed by atoms with Crippen LogP contribution in [0.15, 0.2) is 47.4 Å². The summed E-state index contributed by atoms with van der Waals surface area (Å²) < 4.78 is 7.39. The van der Waals surface area contributed by atoms with E-state index in [1.807, 2.05) is 30.3 Å². The van der Waals surface area contributed by atoms with Gasteiger partial charge in [0.1, 0.15) is 12.8 Å². The number of hydrogen-bond acceptors (Lipinski definition) is 4. The maximum absolute atomic E-state index is 12.9. The number of amides is 1. The highest BCUT2D eigenvalue weighted by molar-refractivity contribution is 5.96. The van der Waals surface area contributed by atoms with E-state index in [4.69, 9.17) is 4.74 Å². The minimum absolute atomic E-state index is 0.0109. The number of piperidine rings is 1. The molecule has 124 valence electrons. The summed E-state index contributed by atoms with van der Waals surface area (Å²) in [6, 6.07) is 11.0. The molecule has 0 radical (unpaired) electrons. The number of pyridine rings is 1. The smallest absolute Gasteiger partial charge is 0.278 e. The number of carbonyl (C=O) groups is 1. The highest BCUT2D eigenvalue weighted by Crippen LogP contribution is 2.26. The number of aromatic nitrogens is 1. The van der Waals surface area contributed by atoms with Gasteiger partial charge in [0, 0.05) is 18.8 Å². The lowest BCUT2D eigenvalue weighted by Crippen LogP contribution is -2.55. The molecule has 0 unspecified atom stereocenters. The number of nitrogens with one attached hydrogen (secondary N) is 1. The molecular formula is C18H19N3O3. The molecule has 0 spiro atoms. The fourth-order valence-electron chi connectivity index (χ4n) is 3.30. The fourth-order valence-corrected chi connectivity index (χ4v) is 3.30. The molecule has 2 aromatic rings. The van der Waals surface area contributed by atoms with Crippen LogP contribution in [0.1, 0.15) is 35.3 Å². The largest absolute Gasteiger partial charge is 0.482 e. The van der Waals surface area contributed by atoms with E-state index in [-0.39, 0.29) is 35.6 Å². The molecule has 0 aliphatic carbocycles. The van der Waals surface area contributed by atoms with Crippen LogP contribution >= 0.6 is 0 Å². The fraction of sp³-hybridized carbons (Fsp3) is 0.333. The minimum atomic E-state index is -0.275. The summed E-state index contributed by atoms with van der Waals surface area (Å²) in [7, 11) is 0. The molecule has 6 heteroatoms. The summed E-state index contributed by atoms with van der Waals surface area (Å²) in [5.74, 6) is -0.0258. The monoisotopic (exact) mass is 325 g/mol. The van der Waals surface area contributed by atoms with Crippen molar-refractivity contribution in [2.45, 2.75) is 32.0 Å². The first kappa shape index (κ1) is 14.8. The summed E-state index contributed by atoms with van der Waals surface area (Å²) >= 11 is 0. The molecule has 1 saturated heterocycles. The third-order valence-electron chi connectivity index (χ3n) is 4.54. The van der Waals surface area contributed by atoms with Gasteiger partial charge in [-0.05, 0) is 24.8 Å². The number of hydrogen-bond donors (Lipinski definition) is 1. The second-order valence-electron chi connectivity index (χ2n) is 6.14. The maximum Gasteiger partial charge on any atom is 0.278 e. The first-order chi connectivity index (χ1) is 11.7. The normalized spacial score (nSPS) is 19.2. The van der Waals surface area contributed by atoms with Crippen LogP contribution in [0, 0.1) is 0 Å². The predicted molar refractivity (Wildman–Crippen MR) is 89.5 cm³/mol. The molecule has 3 heterocycles. The highest BCUT2D eigenvalue weighted by Gasteiger charge is 2.36. The van der Waals surface area contributed by atoms with Crippen LogP contribution in [0.4, 0.5) is 0 Å². The first-order valence-corrected chi connectivity index (χ1v) is 8.24. The summed E-state index contributed by atoms with van der Waals surface area (Å²) in [4.78, 5) is 27.0. The summed E-state index contributed by atoms with van der Waals surface area (Å²) in [5.41, 5.74) is 4.26. The Labute approximate surface area is 139 Å². The van der Waals surface area contributed by atoms with Crippen molar-refractivity contribution < 1.29 is 9.53 Å². The lowest BCUT2D eigenvalue weighted by molar-refractivity contribution is 0.0566. The molecule has 0 saturated carbocycles. The molecular weight excluding hydrogens is 306 g/mol. The third kappa shape index (κ3) is 2.54. The average Bonchev–Trinajstić information content (AvgIpc) is 2.62. The van der Waals surface area contributed by atoms with Gasteiger partial charge in [-0.3, -0.25) is 14.3 Å². The van der Waals surface area contributed by atoms with Crippen molar-refractivity contribution in [3.63, 3.8) is 0 Å². The van der Waals surface area contributed by atoms with E-state index in [0.29, 0.717) is 6.54 Å². The Bertz CT molecular complexity index is 816. The molecule has 1 fully saturated rings. The molecule has 1 amide bonds. The number of fused-ring (bicyclic) bond motifs is 2. The van der Waals surface area contributed by atoms with Gasteiger partial charge >= 0.3 is 0 Å². The van der Waals surface area contributed by atoms with Crippen LogP contribution in [-0.2, 0) is 6.61 Å². The quantitative estimate of drug-likeness (QED) is 0.937. The molecule has 1 N–H and O–H groups in total. The van der Waals surface area contributed by atoms with Crippen molar-refractivity contribution in [1.29, 1.82) is 0 Å². The van der Waals surface area contributed by atoms with Gasteiger partial charge in [-0.25, -0.2) is 0 Å². The minimum Gasteiger partial charge on any atom is -0.482 e. The van der Waals surface area contributed by atoms with Crippen molar-refractivity contribution >= 4 is 5.91 Å².